The van der Waals surface area contributed by atoms with E-state index in [9.17, 15) is 0 Å². The van der Waals surface area contributed by atoms with Crippen LogP contribution in [0.4, 0.5) is 5.69 Å². The number of hydrogen-bond donors (Lipinski definition) is 1. The maximum atomic E-state index is 6.01. The Morgan fingerprint density at radius 1 is 1.21 bits per heavy atom. The van der Waals surface area contributed by atoms with E-state index in [0.717, 1.165) is 31.8 Å². The van der Waals surface area contributed by atoms with Crippen LogP contribution in [0.3, 0.4) is 0 Å². The molecule has 0 aliphatic heterocycles. The molecule has 96 valence electrons. The zero-order valence-corrected chi connectivity index (χ0v) is 13.8. The molecule has 0 amide bonds. The number of nitrogens with one attached hydrogen (secondary N) is 1. The molecule has 0 radical (unpaired) electrons. The summed E-state index contributed by atoms with van der Waals surface area (Å²) in [5.41, 5.74) is 4.09. The summed E-state index contributed by atoms with van der Waals surface area (Å²) >= 11 is 9.54. The SMILES string of the molecule is Clc1ccc(Br)c(CNc2cccc3n[se]nc23)c1. The number of anilines is 1. The fraction of sp³-hybridized carbons (Fsp3) is 0.0769. The van der Waals surface area contributed by atoms with Crippen molar-refractivity contribution in [2.75, 3.05) is 5.32 Å². The molecule has 0 fully saturated rings. The molecule has 0 unspecified atom stereocenters. The predicted molar refractivity (Wildman–Crippen MR) is 83.0 cm³/mol. The van der Waals surface area contributed by atoms with Gasteiger partial charge in [-0.25, -0.2) is 0 Å². The molecule has 0 aliphatic rings. The predicted octanol–water partition coefficient (Wildman–Crippen LogP) is 3.71. The zero-order valence-electron chi connectivity index (χ0n) is 9.73. The molecular formula is C13H9BrClN3Se. The van der Waals surface area contributed by atoms with E-state index in [2.05, 4.69) is 29.2 Å². The molecule has 1 heterocycles. The van der Waals surface area contributed by atoms with Crippen molar-refractivity contribution < 1.29 is 0 Å². The van der Waals surface area contributed by atoms with E-state index in [1.807, 2.05) is 36.4 Å². The van der Waals surface area contributed by atoms with Gasteiger partial charge in [-0.3, -0.25) is 0 Å². The molecule has 3 nitrogen and oxygen atoms in total. The van der Waals surface area contributed by atoms with Crippen LogP contribution in [0.1, 0.15) is 5.56 Å². The first-order valence-electron chi connectivity index (χ1n) is 5.63. The van der Waals surface area contributed by atoms with Crippen molar-refractivity contribution in [2.45, 2.75) is 6.54 Å². The van der Waals surface area contributed by atoms with Gasteiger partial charge in [0.05, 0.1) is 0 Å². The quantitative estimate of drug-likeness (QED) is 0.680. The molecular weight excluding hydrogens is 392 g/mol. The molecule has 3 rings (SSSR count). The van der Waals surface area contributed by atoms with E-state index in [0.29, 0.717) is 6.54 Å². The van der Waals surface area contributed by atoms with Crippen molar-refractivity contribution in [3.63, 3.8) is 0 Å². The van der Waals surface area contributed by atoms with Crippen molar-refractivity contribution in [3.05, 3.63) is 51.5 Å². The number of aromatic nitrogens is 2. The molecule has 6 heteroatoms. The zero-order chi connectivity index (χ0) is 13.2. The molecule has 0 aliphatic carbocycles. The first-order chi connectivity index (χ1) is 9.24. The summed E-state index contributed by atoms with van der Waals surface area (Å²) in [7, 11) is 0. The van der Waals surface area contributed by atoms with Crippen LogP contribution in [0.5, 0.6) is 0 Å². The fourth-order valence-electron chi connectivity index (χ4n) is 1.82. The first-order valence-corrected chi connectivity index (χ1v) is 8.33. The van der Waals surface area contributed by atoms with E-state index >= 15 is 0 Å². The van der Waals surface area contributed by atoms with Crippen molar-refractivity contribution in [1.82, 2.24) is 7.96 Å². The minimum atomic E-state index is -0.00322. The summed E-state index contributed by atoms with van der Waals surface area (Å²) in [4.78, 5) is 0. The summed E-state index contributed by atoms with van der Waals surface area (Å²) in [6, 6.07) is 11.8. The molecule has 1 N–H and O–H groups in total. The van der Waals surface area contributed by atoms with Gasteiger partial charge in [0, 0.05) is 0 Å². The van der Waals surface area contributed by atoms with E-state index in [1.165, 1.54) is 0 Å². The molecule has 1 aromatic heterocycles. The monoisotopic (exact) mass is 401 g/mol. The average Bonchev–Trinajstić information content (AvgIpc) is 2.88. The second kappa shape index (κ2) is 5.63. The fourth-order valence-corrected chi connectivity index (χ4v) is 3.55. The van der Waals surface area contributed by atoms with Crippen molar-refractivity contribution in [3.8, 4) is 0 Å². The van der Waals surface area contributed by atoms with Crippen LogP contribution in [0.25, 0.3) is 11.0 Å². The van der Waals surface area contributed by atoms with Gasteiger partial charge < -0.3 is 0 Å². The first kappa shape index (κ1) is 13.1. The summed E-state index contributed by atoms with van der Waals surface area (Å²) in [6.07, 6.45) is 0. The number of rotatable bonds is 3. The average molecular weight is 402 g/mol. The minimum absolute atomic E-state index is 0.00322. The Balaban J connectivity index is 1.86. The van der Waals surface area contributed by atoms with Crippen LogP contribution >= 0.6 is 27.5 Å². The van der Waals surface area contributed by atoms with E-state index < -0.39 is 0 Å². The summed E-state index contributed by atoms with van der Waals surface area (Å²) in [5.74, 6) is 0. The molecule has 0 saturated carbocycles. The molecule has 0 saturated heterocycles. The van der Waals surface area contributed by atoms with Crippen LogP contribution in [0.2, 0.25) is 5.02 Å². The third kappa shape index (κ3) is 2.84. The van der Waals surface area contributed by atoms with Crippen LogP contribution in [0, 0.1) is 0 Å². The van der Waals surface area contributed by atoms with E-state index in [-0.39, 0.29) is 15.0 Å². The van der Waals surface area contributed by atoms with Crippen LogP contribution in [-0.4, -0.2) is 22.9 Å². The number of benzene rings is 2. The number of halogens is 2. The third-order valence-electron chi connectivity index (χ3n) is 2.76. The Morgan fingerprint density at radius 2 is 2.11 bits per heavy atom. The van der Waals surface area contributed by atoms with Gasteiger partial charge in [0.25, 0.3) is 0 Å². The third-order valence-corrected chi connectivity index (χ3v) is 4.91. The molecule has 0 atom stereocenters. The maximum absolute atomic E-state index is 6.01. The summed E-state index contributed by atoms with van der Waals surface area (Å²) in [6.45, 7) is 0.695. The molecule has 2 aromatic carbocycles. The van der Waals surface area contributed by atoms with Gasteiger partial charge in [0.2, 0.25) is 0 Å². The molecule has 0 bridgehead atoms. The number of hydrogen-bond acceptors (Lipinski definition) is 3. The van der Waals surface area contributed by atoms with E-state index in [4.69, 9.17) is 11.6 Å². The Hall–Kier alpha value is -0.871. The molecule has 0 spiro atoms. The number of nitrogens with zero attached hydrogens (tertiary/aromatic N) is 2. The van der Waals surface area contributed by atoms with Gasteiger partial charge in [-0.15, -0.1) is 0 Å². The number of fused-ring (bicyclic) bond motifs is 1. The Kier molecular flexibility index (Phi) is 3.89. The van der Waals surface area contributed by atoms with Gasteiger partial charge in [0.1, 0.15) is 0 Å². The molecule has 19 heavy (non-hydrogen) atoms. The van der Waals surface area contributed by atoms with Crippen molar-refractivity contribution >= 4 is 59.2 Å². The summed E-state index contributed by atoms with van der Waals surface area (Å²) in [5, 5.41) is 4.13. The van der Waals surface area contributed by atoms with Gasteiger partial charge >= 0.3 is 130 Å². The Bertz CT molecular complexity index is 729. The van der Waals surface area contributed by atoms with Gasteiger partial charge in [-0.05, 0) is 0 Å². The second-order valence-corrected chi connectivity index (χ2v) is 6.43. The van der Waals surface area contributed by atoms with Gasteiger partial charge in [0.15, 0.2) is 0 Å². The Morgan fingerprint density at radius 3 is 3.00 bits per heavy atom. The second-order valence-electron chi connectivity index (χ2n) is 4.03. The van der Waals surface area contributed by atoms with E-state index in [1.54, 1.807) is 0 Å². The molecule has 3 aromatic rings. The van der Waals surface area contributed by atoms with Crippen LogP contribution in [-0.2, 0) is 6.54 Å². The van der Waals surface area contributed by atoms with Crippen LogP contribution < -0.4 is 5.32 Å². The van der Waals surface area contributed by atoms with Crippen molar-refractivity contribution in [2.24, 2.45) is 0 Å². The van der Waals surface area contributed by atoms with Crippen LogP contribution in [0.15, 0.2) is 40.9 Å². The summed E-state index contributed by atoms with van der Waals surface area (Å²) < 4.78 is 9.86. The van der Waals surface area contributed by atoms with Crippen molar-refractivity contribution in [1.29, 1.82) is 0 Å². The van der Waals surface area contributed by atoms with Gasteiger partial charge in [-0.2, -0.15) is 0 Å². The standard InChI is InChI=1S/C13H9BrClN3Se/c14-10-5-4-9(15)6-8(10)7-16-11-2-1-3-12-13(11)18-19-17-12/h1-6,16H,7H2. The normalized spacial score (nSPS) is 10.8. The van der Waals surface area contributed by atoms with Gasteiger partial charge in [-0.1, -0.05) is 0 Å². The topological polar surface area (TPSA) is 37.8 Å². The Labute approximate surface area is 130 Å².